The van der Waals surface area contributed by atoms with Gasteiger partial charge < -0.3 is 4.42 Å². The minimum atomic E-state index is -0.603. The summed E-state index contributed by atoms with van der Waals surface area (Å²) in [5, 5.41) is 0.148. The van der Waals surface area contributed by atoms with Gasteiger partial charge in [-0.3, -0.25) is 19.3 Å². The molecule has 0 radical (unpaired) electrons. The van der Waals surface area contributed by atoms with E-state index in [2.05, 4.69) is 0 Å². The molecule has 0 atom stereocenters. The van der Waals surface area contributed by atoms with Crippen LogP contribution < -0.4 is 5.43 Å². The molecule has 10 heteroatoms. The van der Waals surface area contributed by atoms with Crippen molar-refractivity contribution in [1.29, 1.82) is 0 Å². The summed E-state index contributed by atoms with van der Waals surface area (Å²) >= 11 is 18.7. The highest BCUT2D eigenvalue weighted by Gasteiger charge is 2.35. The van der Waals surface area contributed by atoms with E-state index in [1.54, 1.807) is 0 Å². The molecular formula is C20H9Cl3FNO4S. The highest BCUT2D eigenvalue weighted by molar-refractivity contribution is 8.18. The number of benzene rings is 2. The van der Waals surface area contributed by atoms with E-state index < -0.39 is 22.4 Å². The lowest BCUT2D eigenvalue weighted by Gasteiger charge is -2.13. The summed E-state index contributed by atoms with van der Waals surface area (Å²) in [5.41, 5.74) is 0.193. The first kappa shape index (κ1) is 20.9. The summed E-state index contributed by atoms with van der Waals surface area (Å²) in [7, 11) is 0. The molecule has 2 heterocycles. The normalized spacial score (nSPS) is 15.6. The van der Waals surface area contributed by atoms with E-state index in [-0.39, 0.29) is 43.1 Å². The second kappa shape index (κ2) is 8.07. The molecule has 0 bridgehead atoms. The van der Waals surface area contributed by atoms with Crippen molar-refractivity contribution in [3.8, 4) is 0 Å². The monoisotopic (exact) mass is 483 g/mol. The third-order valence-corrected chi connectivity index (χ3v) is 6.08. The lowest BCUT2D eigenvalue weighted by molar-refractivity contribution is -0.123. The second-order valence-electron chi connectivity index (χ2n) is 6.29. The second-order valence-corrected chi connectivity index (χ2v) is 8.53. The van der Waals surface area contributed by atoms with Gasteiger partial charge in [-0.2, -0.15) is 0 Å². The van der Waals surface area contributed by atoms with Gasteiger partial charge in [-0.25, -0.2) is 4.39 Å². The Kier molecular flexibility index (Phi) is 5.63. The Morgan fingerprint density at radius 1 is 1.07 bits per heavy atom. The Morgan fingerprint density at radius 3 is 2.57 bits per heavy atom. The van der Waals surface area contributed by atoms with Crippen LogP contribution in [0.2, 0.25) is 15.1 Å². The summed E-state index contributed by atoms with van der Waals surface area (Å²) in [6.07, 6.45) is 2.44. The number of rotatable bonds is 3. The van der Waals surface area contributed by atoms with Crippen LogP contribution in [0.1, 0.15) is 11.1 Å². The smallest absolute Gasteiger partial charge is 0.293 e. The lowest BCUT2D eigenvalue weighted by atomic mass is 10.1. The molecule has 0 N–H and O–H groups in total. The molecule has 1 aliphatic heterocycles. The minimum Gasteiger partial charge on any atom is -0.462 e. The van der Waals surface area contributed by atoms with Crippen LogP contribution in [0, 0.1) is 5.82 Å². The SMILES string of the molecule is O=C1S/C(=C\c2coc3c(Cl)cc(Cl)cc3c2=O)C(=O)N1Cc1ccc(F)cc1Cl. The Labute approximate surface area is 188 Å². The maximum atomic E-state index is 13.2. The van der Waals surface area contributed by atoms with Gasteiger partial charge in [0.1, 0.15) is 12.1 Å². The molecular weight excluding hydrogens is 476 g/mol. The first-order chi connectivity index (χ1) is 14.2. The van der Waals surface area contributed by atoms with Crippen LogP contribution in [0.15, 0.2) is 50.7 Å². The maximum absolute atomic E-state index is 13.2. The highest BCUT2D eigenvalue weighted by Crippen LogP contribution is 2.34. The average molecular weight is 485 g/mol. The molecule has 2 amide bonds. The van der Waals surface area contributed by atoms with E-state index in [9.17, 15) is 18.8 Å². The van der Waals surface area contributed by atoms with Crippen molar-refractivity contribution in [1.82, 2.24) is 4.90 Å². The number of hydrogen-bond donors (Lipinski definition) is 0. The summed E-state index contributed by atoms with van der Waals surface area (Å²) in [5.74, 6) is -1.13. The van der Waals surface area contributed by atoms with Crippen molar-refractivity contribution in [2.45, 2.75) is 6.54 Å². The number of nitrogens with zero attached hydrogens (tertiary/aromatic N) is 1. The first-order valence-electron chi connectivity index (χ1n) is 8.34. The molecule has 1 aromatic heterocycles. The summed E-state index contributed by atoms with van der Waals surface area (Å²) in [4.78, 5) is 38.8. The van der Waals surface area contributed by atoms with Gasteiger partial charge in [0.2, 0.25) is 0 Å². The summed E-state index contributed by atoms with van der Waals surface area (Å²) in [6.45, 7) is -0.126. The van der Waals surface area contributed by atoms with Crippen LogP contribution in [-0.4, -0.2) is 16.0 Å². The van der Waals surface area contributed by atoms with E-state index in [1.165, 1.54) is 30.3 Å². The van der Waals surface area contributed by atoms with Gasteiger partial charge in [0.05, 0.1) is 27.4 Å². The molecule has 2 aromatic carbocycles. The number of carbonyl (C=O) groups excluding carboxylic acids is 2. The topological polar surface area (TPSA) is 67.6 Å². The number of thioether (sulfide) groups is 1. The van der Waals surface area contributed by atoms with Crippen LogP contribution in [-0.2, 0) is 11.3 Å². The number of halogens is 4. The van der Waals surface area contributed by atoms with E-state index in [1.807, 2.05) is 0 Å². The fourth-order valence-electron chi connectivity index (χ4n) is 2.88. The number of hydrogen-bond acceptors (Lipinski definition) is 5. The fraction of sp³-hybridized carbons (Fsp3) is 0.0500. The van der Waals surface area contributed by atoms with E-state index in [0.29, 0.717) is 17.3 Å². The predicted molar refractivity (Wildman–Crippen MR) is 115 cm³/mol. The molecule has 1 aliphatic rings. The Hall–Kier alpha value is -2.32. The van der Waals surface area contributed by atoms with Crippen molar-refractivity contribution in [2.75, 3.05) is 0 Å². The molecule has 0 saturated carbocycles. The molecule has 3 aromatic rings. The zero-order valence-electron chi connectivity index (χ0n) is 14.7. The van der Waals surface area contributed by atoms with E-state index in [0.717, 1.165) is 17.2 Å². The Bertz CT molecular complexity index is 1320. The number of fused-ring (bicyclic) bond motifs is 1. The molecule has 5 nitrogen and oxygen atoms in total. The van der Waals surface area contributed by atoms with Crippen molar-refractivity contribution >= 4 is 74.8 Å². The highest BCUT2D eigenvalue weighted by atomic mass is 35.5. The Morgan fingerprint density at radius 2 is 1.83 bits per heavy atom. The van der Waals surface area contributed by atoms with Crippen molar-refractivity contribution in [2.24, 2.45) is 0 Å². The molecule has 1 fully saturated rings. The third-order valence-electron chi connectivity index (χ3n) is 4.32. The van der Waals surface area contributed by atoms with Crippen LogP contribution >= 0.6 is 46.6 Å². The molecule has 4 rings (SSSR count). The molecule has 152 valence electrons. The zero-order valence-corrected chi connectivity index (χ0v) is 17.8. The Balaban J connectivity index is 1.68. The van der Waals surface area contributed by atoms with E-state index in [4.69, 9.17) is 39.2 Å². The predicted octanol–water partition coefficient (Wildman–Crippen LogP) is 6.13. The minimum absolute atomic E-state index is 0.0398. The number of amides is 2. The molecule has 0 aliphatic carbocycles. The first-order valence-corrected chi connectivity index (χ1v) is 10.3. The van der Waals surface area contributed by atoms with Crippen molar-refractivity contribution in [3.05, 3.63) is 83.7 Å². The quantitative estimate of drug-likeness (QED) is 0.418. The van der Waals surface area contributed by atoms with Gasteiger partial charge in [0.25, 0.3) is 11.1 Å². The van der Waals surface area contributed by atoms with Gasteiger partial charge in [-0.05, 0) is 47.7 Å². The lowest BCUT2D eigenvalue weighted by Crippen LogP contribution is -2.27. The molecule has 0 spiro atoms. The number of carbonyl (C=O) groups is 2. The molecule has 30 heavy (non-hydrogen) atoms. The maximum Gasteiger partial charge on any atom is 0.293 e. The summed E-state index contributed by atoms with van der Waals surface area (Å²) < 4.78 is 18.6. The fourth-order valence-corrected chi connectivity index (χ4v) is 4.47. The van der Waals surface area contributed by atoms with Gasteiger partial charge >= 0.3 is 0 Å². The van der Waals surface area contributed by atoms with Gasteiger partial charge in [-0.15, -0.1) is 0 Å². The van der Waals surface area contributed by atoms with Gasteiger partial charge in [0, 0.05) is 10.0 Å². The van der Waals surface area contributed by atoms with Gasteiger partial charge in [0.15, 0.2) is 11.0 Å². The van der Waals surface area contributed by atoms with E-state index >= 15 is 0 Å². The van der Waals surface area contributed by atoms with Crippen LogP contribution in [0.25, 0.3) is 17.0 Å². The van der Waals surface area contributed by atoms with Crippen LogP contribution in [0.4, 0.5) is 9.18 Å². The number of imide groups is 1. The van der Waals surface area contributed by atoms with Crippen molar-refractivity contribution in [3.63, 3.8) is 0 Å². The van der Waals surface area contributed by atoms with Crippen molar-refractivity contribution < 1.29 is 18.4 Å². The molecule has 1 saturated heterocycles. The average Bonchev–Trinajstić information content (AvgIpc) is 2.93. The van der Waals surface area contributed by atoms with Crippen LogP contribution in [0.3, 0.4) is 0 Å². The largest absolute Gasteiger partial charge is 0.462 e. The van der Waals surface area contributed by atoms with Crippen LogP contribution in [0.5, 0.6) is 0 Å². The third kappa shape index (κ3) is 3.86. The van der Waals surface area contributed by atoms with Gasteiger partial charge in [-0.1, -0.05) is 40.9 Å². The summed E-state index contributed by atoms with van der Waals surface area (Å²) in [6, 6.07) is 6.54. The zero-order chi connectivity index (χ0) is 21.6. The standard InChI is InChI=1S/C20H9Cl3FNO4S/c21-11-4-13-17(26)10(8-29-18(13)15(23)5-11)3-16-19(27)25(20(28)30-16)7-9-1-2-12(24)6-14(9)22/h1-6,8H,7H2/b16-3-. The molecule has 0 unspecified atom stereocenters.